The van der Waals surface area contributed by atoms with Crippen molar-refractivity contribution >= 4 is 35.0 Å². The molecule has 9 heteroatoms. The number of methoxy groups -OCH3 is 1. The smallest absolute Gasteiger partial charge is 0.246 e. The van der Waals surface area contributed by atoms with Crippen molar-refractivity contribution in [2.45, 2.75) is 69.2 Å². The summed E-state index contributed by atoms with van der Waals surface area (Å²) >= 11 is 6.24. The molecule has 2 saturated heterocycles. The van der Waals surface area contributed by atoms with Gasteiger partial charge in [0.05, 0.1) is 17.9 Å². The molecular formula is C27H34ClN3O5. The second kappa shape index (κ2) is 10.1. The second-order valence-corrected chi connectivity index (χ2v) is 10.8. The number of carbonyl (C=O) groups is 3. The van der Waals surface area contributed by atoms with Crippen LogP contribution < -0.4 is 10.6 Å². The second-order valence-electron chi connectivity index (χ2n) is 10.4. The highest BCUT2D eigenvalue weighted by atomic mass is 35.5. The highest BCUT2D eigenvalue weighted by Gasteiger charge is 2.72. The number of carbonyl (C=O) groups excluding carboxylic acids is 3. The van der Waals surface area contributed by atoms with Crippen LogP contribution >= 0.6 is 11.6 Å². The zero-order chi connectivity index (χ0) is 25.4. The van der Waals surface area contributed by atoms with Crippen LogP contribution in [0.2, 0.25) is 5.02 Å². The molecule has 1 aliphatic carbocycles. The first kappa shape index (κ1) is 25.2. The normalized spacial score (nSPS) is 31.1. The van der Waals surface area contributed by atoms with Crippen LogP contribution in [0.1, 0.15) is 44.1 Å². The number of benzene rings is 1. The molecule has 2 N–H and O–H groups in total. The van der Waals surface area contributed by atoms with Gasteiger partial charge in [-0.3, -0.25) is 14.4 Å². The van der Waals surface area contributed by atoms with Crippen molar-refractivity contribution in [3.63, 3.8) is 0 Å². The van der Waals surface area contributed by atoms with Gasteiger partial charge < -0.3 is 25.0 Å². The van der Waals surface area contributed by atoms with Crippen LogP contribution in [0.4, 0.5) is 5.69 Å². The van der Waals surface area contributed by atoms with Crippen LogP contribution in [0.25, 0.3) is 0 Å². The number of fused-ring (bicyclic) bond motifs is 1. The Hall–Kier alpha value is -2.42. The minimum Gasteiger partial charge on any atom is -0.385 e. The lowest BCUT2D eigenvalue weighted by Gasteiger charge is -2.34. The molecule has 0 aromatic heterocycles. The number of rotatable bonds is 8. The fourth-order valence-corrected chi connectivity index (χ4v) is 6.49. The van der Waals surface area contributed by atoms with E-state index in [0.29, 0.717) is 30.3 Å². The van der Waals surface area contributed by atoms with Gasteiger partial charge in [-0.15, -0.1) is 0 Å². The molecule has 3 unspecified atom stereocenters. The quantitative estimate of drug-likeness (QED) is 0.409. The van der Waals surface area contributed by atoms with E-state index in [-0.39, 0.29) is 23.8 Å². The Morgan fingerprint density at radius 3 is 2.72 bits per heavy atom. The van der Waals surface area contributed by atoms with E-state index in [1.54, 1.807) is 24.1 Å². The number of nitrogens with one attached hydrogen (secondary N) is 2. The molecule has 2 bridgehead atoms. The van der Waals surface area contributed by atoms with Gasteiger partial charge in [-0.2, -0.15) is 0 Å². The average Bonchev–Trinajstić information content (AvgIpc) is 3.50. The number of nitrogens with zero attached hydrogens (tertiary/aromatic N) is 1. The van der Waals surface area contributed by atoms with Crippen molar-refractivity contribution in [1.82, 2.24) is 10.2 Å². The molecule has 5 rings (SSSR count). The Morgan fingerprint density at radius 2 is 2.00 bits per heavy atom. The summed E-state index contributed by atoms with van der Waals surface area (Å²) in [5, 5.41) is 6.66. The molecule has 1 aromatic carbocycles. The highest BCUT2D eigenvalue weighted by Crippen LogP contribution is 2.55. The summed E-state index contributed by atoms with van der Waals surface area (Å²) in [6.07, 6.45) is 8.93. The third-order valence-electron chi connectivity index (χ3n) is 8.06. The molecule has 3 aliphatic heterocycles. The average molecular weight is 516 g/mol. The van der Waals surface area contributed by atoms with Gasteiger partial charge in [-0.25, -0.2) is 0 Å². The molecule has 5 atom stereocenters. The Labute approximate surface area is 216 Å². The lowest BCUT2D eigenvalue weighted by atomic mass is 9.74. The van der Waals surface area contributed by atoms with Crippen molar-refractivity contribution in [2.24, 2.45) is 11.8 Å². The summed E-state index contributed by atoms with van der Waals surface area (Å²) < 4.78 is 11.6. The zero-order valence-electron chi connectivity index (χ0n) is 20.8. The first-order chi connectivity index (χ1) is 17.4. The number of anilines is 1. The molecule has 3 heterocycles. The van der Waals surface area contributed by atoms with Gasteiger partial charge >= 0.3 is 0 Å². The molecular weight excluding hydrogens is 482 g/mol. The Balaban J connectivity index is 1.41. The summed E-state index contributed by atoms with van der Waals surface area (Å²) in [5.41, 5.74) is 0.315. The fourth-order valence-electron chi connectivity index (χ4n) is 6.31. The monoisotopic (exact) mass is 515 g/mol. The van der Waals surface area contributed by atoms with Crippen LogP contribution in [-0.4, -0.2) is 66.7 Å². The first-order valence-corrected chi connectivity index (χ1v) is 13.3. The lowest BCUT2D eigenvalue weighted by molar-refractivity contribution is -0.141. The Kier molecular flexibility index (Phi) is 7.12. The van der Waals surface area contributed by atoms with Crippen LogP contribution in [0, 0.1) is 18.8 Å². The maximum atomic E-state index is 13.8. The van der Waals surface area contributed by atoms with Crippen molar-refractivity contribution in [3.8, 4) is 0 Å². The fraction of sp³-hybridized carbons (Fsp3) is 0.593. The topological polar surface area (TPSA) is 97.0 Å². The van der Waals surface area contributed by atoms with Gasteiger partial charge in [0.2, 0.25) is 17.7 Å². The van der Waals surface area contributed by atoms with Crippen molar-refractivity contribution in [2.75, 3.05) is 25.6 Å². The summed E-state index contributed by atoms with van der Waals surface area (Å²) in [6.45, 7) is 2.72. The van der Waals surface area contributed by atoms with E-state index in [4.69, 9.17) is 21.1 Å². The lowest BCUT2D eigenvalue weighted by Crippen LogP contribution is -2.56. The number of likely N-dealkylation sites (tertiary alicyclic amines) is 1. The molecule has 0 radical (unpaired) electrons. The third-order valence-corrected chi connectivity index (χ3v) is 8.47. The van der Waals surface area contributed by atoms with E-state index in [1.165, 1.54) is 6.42 Å². The molecule has 1 spiro atoms. The van der Waals surface area contributed by atoms with E-state index >= 15 is 0 Å². The SMILES string of the molecule is COCCCN1C(=O)[C@@H]2C(C(=O)Nc3ccc(C)c(Cl)c3)[C@@H]3C=CC2(O3)C1C(=O)NC1CCCCC1. The van der Waals surface area contributed by atoms with Gasteiger partial charge in [0.1, 0.15) is 11.6 Å². The van der Waals surface area contributed by atoms with Crippen molar-refractivity contribution in [3.05, 3.63) is 40.9 Å². The van der Waals surface area contributed by atoms with Crippen LogP contribution in [0.5, 0.6) is 0 Å². The molecule has 3 fully saturated rings. The maximum absolute atomic E-state index is 13.8. The minimum atomic E-state index is -1.15. The first-order valence-electron chi connectivity index (χ1n) is 12.9. The zero-order valence-corrected chi connectivity index (χ0v) is 21.6. The molecule has 1 saturated carbocycles. The number of aryl methyl sites for hydroxylation is 1. The minimum absolute atomic E-state index is 0.102. The van der Waals surface area contributed by atoms with E-state index in [9.17, 15) is 14.4 Å². The van der Waals surface area contributed by atoms with Gasteiger partial charge in [-0.05, 0) is 43.9 Å². The van der Waals surface area contributed by atoms with Gasteiger partial charge in [0, 0.05) is 37.0 Å². The molecule has 4 aliphatic rings. The standard InChI is InChI=1S/C27H34ClN3O5/c1-16-9-10-18(15-19(16)28)30-24(32)21-20-11-12-27(36-20)22(21)26(34)31(13-6-14-35-2)23(27)25(33)29-17-7-4-3-5-8-17/h9-12,15,17,20-23H,3-8,13-14H2,1-2H3,(H,29,33)(H,30,32)/t20-,21?,22-,23?,27?/m0/s1. The van der Waals surface area contributed by atoms with Crippen LogP contribution in [-0.2, 0) is 23.9 Å². The third kappa shape index (κ3) is 4.33. The van der Waals surface area contributed by atoms with E-state index < -0.39 is 29.6 Å². The molecule has 36 heavy (non-hydrogen) atoms. The molecule has 8 nitrogen and oxygen atoms in total. The summed E-state index contributed by atoms with van der Waals surface area (Å²) in [7, 11) is 1.61. The summed E-state index contributed by atoms with van der Waals surface area (Å²) in [6, 6.07) is 4.60. The Morgan fingerprint density at radius 1 is 1.22 bits per heavy atom. The van der Waals surface area contributed by atoms with E-state index in [0.717, 1.165) is 31.2 Å². The summed E-state index contributed by atoms with van der Waals surface area (Å²) in [5.74, 6) is -2.23. The van der Waals surface area contributed by atoms with Crippen molar-refractivity contribution in [1.29, 1.82) is 0 Å². The van der Waals surface area contributed by atoms with Crippen molar-refractivity contribution < 1.29 is 23.9 Å². The molecule has 3 amide bonds. The van der Waals surface area contributed by atoms with Crippen LogP contribution in [0.15, 0.2) is 30.4 Å². The number of hydrogen-bond donors (Lipinski definition) is 2. The maximum Gasteiger partial charge on any atom is 0.246 e. The molecule has 194 valence electrons. The largest absolute Gasteiger partial charge is 0.385 e. The number of amides is 3. The molecule has 1 aromatic rings. The predicted octanol–water partition coefficient (Wildman–Crippen LogP) is 3.22. The highest BCUT2D eigenvalue weighted by molar-refractivity contribution is 6.31. The summed E-state index contributed by atoms with van der Waals surface area (Å²) in [4.78, 5) is 42.6. The predicted molar refractivity (Wildman–Crippen MR) is 136 cm³/mol. The number of ether oxygens (including phenoxy) is 2. The number of halogens is 1. The number of hydrogen-bond acceptors (Lipinski definition) is 5. The Bertz CT molecular complexity index is 1070. The van der Waals surface area contributed by atoms with Gasteiger partial charge in [0.25, 0.3) is 0 Å². The van der Waals surface area contributed by atoms with Gasteiger partial charge in [-0.1, -0.05) is 49.1 Å². The van der Waals surface area contributed by atoms with Crippen LogP contribution in [0.3, 0.4) is 0 Å². The van der Waals surface area contributed by atoms with E-state index in [2.05, 4.69) is 10.6 Å². The van der Waals surface area contributed by atoms with Gasteiger partial charge in [0.15, 0.2) is 0 Å². The van der Waals surface area contributed by atoms with E-state index in [1.807, 2.05) is 25.1 Å².